The molecule has 0 fully saturated rings. The zero-order valence-electron chi connectivity index (χ0n) is 10.3. The van der Waals surface area contributed by atoms with Crippen molar-refractivity contribution in [1.29, 1.82) is 0 Å². The molecule has 6 heteroatoms. The van der Waals surface area contributed by atoms with Crippen LogP contribution in [0.4, 0.5) is 0 Å². The fourth-order valence-corrected chi connectivity index (χ4v) is 3.32. The van der Waals surface area contributed by atoms with Gasteiger partial charge in [0.15, 0.2) is 5.69 Å². The van der Waals surface area contributed by atoms with Crippen molar-refractivity contribution in [1.82, 2.24) is 9.78 Å². The first-order valence-corrected chi connectivity index (χ1v) is 7.26. The van der Waals surface area contributed by atoms with Crippen molar-refractivity contribution in [2.75, 3.05) is 6.61 Å². The van der Waals surface area contributed by atoms with Crippen molar-refractivity contribution < 1.29 is 13.7 Å². The highest BCUT2D eigenvalue weighted by molar-refractivity contribution is 7.84. The monoisotopic (exact) mass is 276 g/mol. The van der Waals surface area contributed by atoms with Gasteiger partial charge in [-0.15, -0.1) is 0 Å². The molecule has 1 unspecified atom stereocenters. The van der Waals surface area contributed by atoms with Gasteiger partial charge in [0.25, 0.3) is 0 Å². The van der Waals surface area contributed by atoms with E-state index >= 15 is 0 Å². The van der Waals surface area contributed by atoms with Gasteiger partial charge < -0.3 is 4.74 Å². The quantitative estimate of drug-likeness (QED) is 0.783. The van der Waals surface area contributed by atoms with Gasteiger partial charge in [-0.2, -0.15) is 5.10 Å². The van der Waals surface area contributed by atoms with E-state index in [-0.39, 0.29) is 5.69 Å². The number of hydrogen-bond donors (Lipinski definition) is 0. The topological polar surface area (TPSA) is 61.2 Å². The van der Waals surface area contributed by atoms with Crippen LogP contribution < -0.4 is 0 Å². The highest BCUT2D eigenvalue weighted by Crippen LogP contribution is 2.27. The van der Waals surface area contributed by atoms with Gasteiger partial charge >= 0.3 is 5.97 Å². The number of carbonyl (C=O) groups excluding carboxylic acids is 1. The SMILES string of the molecule is CCOC(=O)c1cc2n(n1)-c1ccccc1S(=O)C2. The van der Waals surface area contributed by atoms with Gasteiger partial charge in [0.05, 0.1) is 39.4 Å². The molecule has 1 aliphatic rings. The van der Waals surface area contributed by atoms with Crippen molar-refractivity contribution in [2.24, 2.45) is 0 Å². The molecule has 0 radical (unpaired) electrons. The molecule has 0 saturated heterocycles. The van der Waals surface area contributed by atoms with Crippen molar-refractivity contribution in [3.63, 3.8) is 0 Å². The standard InChI is InChI=1S/C13H12N2O3S/c1-2-18-13(16)10-7-9-8-19(17)12-6-4-3-5-11(12)15(9)14-10/h3-7H,2,8H2,1H3. The van der Waals surface area contributed by atoms with E-state index in [4.69, 9.17) is 4.74 Å². The van der Waals surface area contributed by atoms with E-state index in [0.717, 1.165) is 16.3 Å². The summed E-state index contributed by atoms with van der Waals surface area (Å²) >= 11 is 0. The Kier molecular flexibility index (Phi) is 2.94. The number of rotatable bonds is 2. The lowest BCUT2D eigenvalue weighted by Gasteiger charge is -2.16. The van der Waals surface area contributed by atoms with Gasteiger partial charge in [-0.25, -0.2) is 9.48 Å². The van der Waals surface area contributed by atoms with Gasteiger partial charge in [-0.05, 0) is 25.1 Å². The van der Waals surface area contributed by atoms with Crippen molar-refractivity contribution in [3.05, 3.63) is 41.7 Å². The Hall–Kier alpha value is -1.95. The molecular weight excluding hydrogens is 264 g/mol. The second-order valence-electron chi connectivity index (χ2n) is 4.11. The minimum atomic E-state index is -1.09. The molecule has 0 amide bonds. The van der Waals surface area contributed by atoms with Gasteiger partial charge in [0.2, 0.25) is 0 Å². The van der Waals surface area contributed by atoms with E-state index in [1.807, 2.05) is 24.3 Å². The summed E-state index contributed by atoms with van der Waals surface area (Å²) < 4.78 is 18.7. The number of nitrogens with zero attached hydrogens (tertiary/aromatic N) is 2. The summed E-state index contributed by atoms with van der Waals surface area (Å²) in [4.78, 5) is 12.4. The molecule has 0 N–H and O–H groups in total. The Labute approximate surface area is 112 Å². The van der Waals surface area contributed by atoms with Crippen LogP contribution in [0.3, 0.4) is 0 Å². The highest BCUT2D eigenvalue weighted by atomic mass is 32.2. The van der Waals surface area contributed by atoms with E-state index in [2.05, 4.69) is 5.10 Å². The Balaban J connectivity index is 2.10. The molecule has 1 aromatic carbocycles. The van der Waals surface area contributed by atoms with Crippen LogP contribution in [0, 0.1) is 0 Å². The van der Waals surface area contributed by atoms with Gasteiger partial charge in [-0.1, -0.05) is 12.1 Å². The summed E-state index contributed by atoms with van der Waals surface area (Å²) in [5.74, 6) is -0.0867. The molecule has 19 heavy (non-hydrogen) atoms. The summed E-state index contributed by atoms with van der Waals surface area (Å²) in [6.45, 7) is 2.06. The lowest BCUT2D eigenvalue weighted by molar-refractivity contribution is 0.0519. The van der Waals surface area contributed by atoms with Gasteiger partial charge in [0, 0.05) is 0 Å². The van der Waals surface area contributed by atoms with Crippen molar-refractivity contribution in [3.8, 4) is 5.69 Å². The van der Waals surface area contributed by atoms with Crippen LogP contribution in [0.15, 0.2) is 35.2 Å². The first kappa shape index (κ1) is 12.1. The molecule has 5 nitrogen and oxygen atoms in total. The summed E-state index contributed by atoms with van der Waals surface area (Å²) in [6, 6.07) is 9.01. The Morgan fingerprint density at radius 1 is 1.47 bits per heavy atom. The molecule has 1 aromatic heterocycles. The maximum atomic E-state index is 12.1. The predicted molar refractivity (Wildman–Crippen MR) is 69.6 cm³/mol. The zero-order valence-corrected chi connectivity index (χ0v) is 11.1. The van der Waals surface area contributed by atoms with Crippen LogP contribution in [0.25, 0.3) is 5.69 Å². The van der Waals surface area contributed by atoms with Crippen LogP contribution in [0.2, 0.25) is 0 Å². The molecule has 3 rings (SSSR count). The van der Waals surface area contributed by atoms with E-state index < -0.39 is 16.8 Å². The van der Waals surface area contributed by atoms with Crippen molar-refractivity contribution in [2.45, 2.75) is 17.6 Å². The fourth-order valence-electron chi connectivity index (χ4n) is 2.07. The minimum Gasteiger partial charge on any atom is -0.461 e. The molecular formula is C13H12N2O3S. The number of benzene rings is 1. The Morgan fingerprint density at radius 3 is 3.05 bits per heavy atom. The molecule has 1 atom stereocenters. The summed E-state index contributed by atoms with van der Waals surface area (Å²) in [5.41, 5.74) is 1.78. The van der Waals surface area contributed by atoms with Crippen LogP contribution in [-0.2, 0) is 21.3 Å². The second-order valence-corrected chi connectivity index (χ2v) is 5.53. The number of esters is 1. The minimum absolute atomic E-state index is 0.255. The first-order valence-electron chi connectivity index (χ1n) is 5.94. The largest absolute Gasteiger partial charge is 0.461 e. The predicted octanol–water partition coefficient (Wildman–Crippen LogP) is 1.67. The summed E-state index contributed by atoms with van der Waals surface area (Å²) in [6.07, 6.45) is 0. The maximum Gasteiger partial charge on any atom is 0.358 e. The van der Waals surface area contributed by atoms with Gasteiger partial charge in [0.1, 0.15) is 0 Å². The Bertz CT molecular complexity index is 678. The third kappa shape index (κ3) is 1.98. The number of para-hydroxylation sites is 1. The van der Waals surface area contributed by atoms with Gasteiger partial charge in [-0.3, -0.25) is 4.21 Å². The van der Waals surface area contributed by atoms with E-state index in [9.17, 15) is 9.00 Å². The van der Waals surface area contributed by atoms with Crippen LogP contribution in [0.1, 0.15) is 23.1 Å². The third-order valence-corrected chi connectivity index (χ3v) is 4.28. The third-order valence-electron chi connectivity index (χ3n) is 2.89. The average Bonchev–Trinajstić information content (AvgIpc) is 2.83. The lowest BCUT2D eigenvalue weighted by atomic mass is 10.3. The number of fused-ring (bicyclic) bond motifs is 3. The molecule has 2 aromatic rings. The van der Waals surface area contributed by atoms with Crippen LogP contribution in [0.5, 0.6) is 0 Å². The van der Waals surface area contributed by atoms with E-state index in [1.165, 1.54) is 0 Å². The maximum absolute atomic E-state index is 12.1. The molecule has 0 saturated carbocycles. The molecule has 0 spiro atoms. The van der Waals surface area contributed by atoms with E-state index in [1.54, 1.807) is 17.7 Å². The second kappa shape index (κ2) is 4.62. The smallest absolute Gasteiger partial charge is 0.358 e. The fraction of sp³-hybridized carbons (Fsp3) is 0.231. The average molecular weight is 276 g/mol. The highest BCUT2D eigenvalue weighted by Gasteiger charge is 2.25. The summed E-state index contributed by atoms with van der Waals surface area (Å²) in [7, 11) is -1.09. The first-order chi connectivity index (χ1) is 9.20. The lowest BCUT2D eigenvalue weighted by Crippen LogP contribution is -2.14. The van der Waals surface area contributed by atoms with Crippen LogP contribution in [-0.4, -0.2) is 26.6 Å². The number of aromatic nitrogens is 2. The molecule has 98 valence electrons. The number of ether oxygens (including phenoxy) is 1. The van der Waals surface area contributed by atoms with Crippen molar-refractivity contribution >= 4 is 16.8 Å². The zero-order chi connectivity index (χ0) is 13.4. The molecule has 0 bridgehead atoms. The normalized spacial score (nSPS) is 16.6. The Morgan fingerprint density at radius 2 is 2.26 bits per heavy atom. The number of carbonyl (C=O) groups is 1. The van der Waals surface area contributed by atoms with E-state index in [0.29, 0.717) is 12.4 Å². The molecule has 0 aliphatic carbocycles. The number of hydrogen-bond acceptors (Lipinski definition) is 4. The molecule has 1 aliphatic heterocycles. The van der Waals surface area contributed by atoms with Crippen LogP contribution >= 0.6 is 0 Å². The molecule has 2 heterocycles. The summed E-state index contributed by atoms with van der Waals surface area (Å²) in [5, 5.41) is 4.25.